The minimum absolute atomic E-state index is 0.0368. The summed E-state index contributed by atoms with van der Waals surface area (Å²) in [6.07, 6.45) is 4.55. The lowest BCUT2D eigenvalue weighted by Crippen LogP contribution is -2.35. The molecule has 1 amide bonds. The second kappa shape index (κ2) is 7.02. The Morgan fingerprint density at radius 2 is 1.92 bits per heavy atom. The zero-order valence-corrected chi connectivity index (χ0v) is 15.2. The van der Waals surface area contributed by atoms with Crippen LogP contribution in [0.3, 0.4) is 0 Å². The molecule has 6 heteroatoms. The normalized spacial score (nSPS) is 21.2. The number of hydrogen-bond donors (Lipinski definition) is 0. The Hall–Kier alpha value is -2.11. The first-order valence-corrected chi connectivity index (χ1v) is 9.00. The molecule has 0 N–H and O–H groups in total. The number of Topliss-reactive ketones (excluding diaryl/α,β-unsaturated/α-hetero) is 1. The molecule has 2 heterocycles. The minimum Gasteiger partial charge on any atom is -0.457 e. The van der Waals surface area contributed by atoms with Crippen LogP contribution in [0.5, 0.6) is 0 Å². The van der Waals surface area contributed by atoms with Crippen LogP contribution >= 0.6 is 0 Å². The summed E-state index contributed by atoms with van der Waals surface area (Å²) in [5.41, 5.74) is 2.44. The van der Waals surface area contributed by atoms with Gasteiger partial charge in [-0.2, -0.15) is 0 Å². The van der Waals surface area contributed by atoms with Gasteiger partial charge in [0.05, 0.1) is 5.92 Å². The van der Waals surface area contributed by atoms with Gasteiger partial charge in [0.1, 0.15) is 0 Å². The molecule has 1 aromatic heterocycles. The molecule has 1 saturated carbocycles. The van der Waals surface area contributed by atoms with Gasteiger partial charge in [0, 0.05) is 43.0 Å². The zero-order chi connectivity index (χ0) is 18.1. The SMILES string of the molecule is Cc1cc(C(=O)COC(=O)[C@@H]2CC(=O)N(C3CCCC3)C2)c(C)n1C. The molecular formula is C19H26N2O4. The molecule has 0 spiro atoms. The van der Waals surface area contributed by atoms with Crippen LogP contribution in [0.25, 0.3) is 0 Å². The second-order valence-corrected chi connectivity index (χ2v) is 7.26. The summed E-state index contributed by atoms with van der Waals surface area (Å²) in [5, 5.41) is 0. The van der Waals surface area contributed by atoms with Gasteiger partial charge in [-0.3, -0.25) is 14.4 Å². The van der Waals surface area contributed by atoms with E-state index >= 15 is 0 Å². The molecule has 1 aliphatic heterocycles. The first-order valence-electron chi connectivity index (χ1n) is 9.00. The monoisotopic (exact) mass is 346 g/mol. The van der Waals surface area contributed by atoms with Crippen LogP contribution in [-0.4, -0.2) is 46.3 Å². The average Bonchev–Trinajstić information content (AvgIpc) is 3.29. The molecule has 2 aliphatic rings. The van der Waals surface area contributed by atoms with E-state index < -0.39 is 11.9 Å². The van der Waals surface area contributed by atoms with E-state index in [-0.39, 0.29) is 30.8 Å². The molecule has 6 nitrogen and oxygen atoms in total. The van der Waals surface area contributed by atoms with Crippen LogP contribution in [0.4, 0.5) is 0 Å². The largest absolute Gasteiger partial charge is 0.457 e. The van der Waals surface area contributed by atoms with Crippen LogP contribution in [0, 0.1) is 19.8 Å². The quantitative estimate of drug-likeness (QED) is 0.605. The van der Waals surface area contributed by atoms with Crippen LogP contribution in [-0.2, 0) is 21.4 Å². The van der Waals surface area contributed by atoms with Crippen molar-refractivity contribution in [2.75, 3.05) is 13.2 Å². The number of carbonyl (C=O) groups excluding carboxylic acids is 3. The van der Waals surface area contributed by atoms with E-state index in [1.165, 1.54) is 0 Å². The topological polar surface area (TPSA) is 68.6 Å². The highest BCUT2D eigenvalue weighted by Gasteiger charge is 2.39. The Labute approximate surface area is 148 Å². The maximum atomic E-state index is 12.3. The van der Waals surface area contributed by atoms with Gasteiger partial charge in [-0.15, -0.1) is 0 Å². The third kappa shape index (κ3) is 3.48. The van der Waals surface area contributed by atoms with Gasteiger partial charge < -0.3 is 14.2 Å². The van der Waals surface area contributed by atoms with E-state index in [4.69, 9.17) is 4.74 Å². The number of aromatic nitrogens is 1. The molecular weight excluding hydrogens is 320 g/mol. The Balaban J connectivity index is 1.55. The van der Waals surface area contributed by atoms with E-state index in [1.54, 1.807) is 0 Å². The van der Waals surface area contributed by atoms with E-state index in [0.717, 1.165) is 37.1 Å². The fraction of sp³-hybridized carbons (Fsp3) is 0.632. The molecule has 25 heavy (non-hydrogen) atoms. The molecule has 3 rings (SSSR count). The fourth-order valence-corrected chi connectivity index (χ4v) is 3.93. The third-order valence-electron chi connectivity index (χ3n) is 5.68. The van der Waals surface area contributed by atoms with Crippen molar-refractivity contribution in [3.63, 3.8) is 0 Å². The predicted octanol–water partition coefficient (Wildman–Crippen LogP) is 2.16. The van der Waals surface area contributed by atoms with Crippen molar-refractivity contribution in [1.82, 2.24) is 9.47 Å². The van der Waals surface area contributed by atoms with Gasteiger partial charge in [0.15, 0.2) is 6.61 Å². The average molecular weight is 346 g/mol. The third-order valence-corrected chi connectivity index (χ3v) is 5.68. The van der Waals surface area contributed by atoms with Crippen LogP contribution in [0.1, 0.15) is 53.8 Å². The van der Waals surface area contributed by atoms with Gasteiger partial charge >= 0.3 is 5.97 Å². The van der Waals surface area contributed by atoms with E-state index in [2.05, 4.69) is 0 Å². The second-order valence-electron chi connectivity index (χ2n) is 7.26. The standard InChI is InChI=1S/C19H26N2O4/c1-12-8-16(13(2)20(12)3)17(22)11-25-19(24)14-9-18(23)21(10-14)15-6-4-5-7-15/h8,14-15H,4-7,9-11H2,1-3H3/t14-/m1/s1. The highest BCUT2D eigenvalue weighted by atomic mass is 16.5. The number of rotatable bonds is 5. The number of esters is 1. The molecule has 1 saturated heterocycles. The zero-order valence-electron chi connectivity index (χ0n) is 15.2. The van der Waals surface area contributed by atoms with Crippen molar-refractivity contribution in [2.45, 2.75) is 52.0 Å². The fourth-order valence-electron chi connectivity index (χ4n) is 3.93. The Morgan fingerprint density at radius 1 is 1.24 bits per heavy atom. The molecule has 0 unspecified atom stereocenters. The van der Waals surface area contributed by atoms with Gasteiger partial charge in [-0.05, 0) is 32.8 Å². The highest BCUT2D eigenvalue weighted by molar-refractivity contribution is 5.99. The lowest BCUT2D eigenvalue weighted by molar-refractivity contribution is -0.147. The number of amides is 1. The number of nitrogens with zero attached hydrogens (tertiary/aromatic N) is 2. The molecule has 0 radical (unpaired) electrons. The smallest absolute Gasteiger partial charge is 0.311 e. The number of hydrogen-bond acceptors (Lipinski definition) is 4. The van der Waals surface area contributed by atoms with Crippen molar-refractivity contribution >= 4 is 17.7 Å². The van der Waals surface area contributed by atoms with Gasteiger partial charge in [0.2, 0.25) is 11.7 Å². The first kappa shape index (κ1) is 17.7. The molecule has 136 valence electrons. The van der Waals surface area contributed by atoms with Crippen LogP contribution < -0.4 is 0 Å². The molecule has 1 atom stereocenters. The van der Waals surface area contributed by atoms with Crippen LogP contribution in [0.2, 0.25) is 0 Å². The summed E-state index contributed by atoms with van der Waals surface area (Å²) in [6.45, 7) is 3.96. The summed E-state index contributed by atoms with van der Waals surface area (Å²) in [7, 11) is 1.90. The summed E-state index contributed by atoms with van der Waals surface area (Å²) in [6, 6.07) is 2.09. The van der Waals surface area contributed by atoms with Crippen molar-refractivity contribution < 1.29 is 19.1 Å². The Bertz CT molecular complexity index is 701. The van der Waals surface area contributed by atoms with Crippen molar-refractivity contribution in [1.29, 1.82) is 0 Å². The Morgan fingerprint density at radius 3 is 2.52 bits per heavy atom. The molecule has 0 bridgehead atoms. The number of carbonyl (C=O) groups is 3. The van der Waals surface area contributed by atoms with Crippen molar-refractivity contribution in [3.05, 3.63) is 23.0 Å². The molecule has 1 aromatic rings. The highest BCUT2D eigenvalue weighted by Crippen LogP contribution is 2.29. The van der Waals surface area contributed by atoms with Gasteiger partial charge in [-0.25, -0.2) is 0 Å². The summed E-state index contributed by atoms with van der Waals surface area (Å²) in [4.78, 5) is 38.6. The van der Waals surface area contributed by atoms with Gasteiger partial charge in [0.25, 0.3) is 0 Å². The van der Waals surface area contributed by atoms with Crippen molar-refractivity contribution in [2.24, 2.45) is 13.0 Å². The Kier molecular flexibility index (Phi) is 4.97. The molecule has 0 aromatic carbocycles. The van der Waals surface area contributed by atoms with E-state index in [0.29, 0.717) is 12.1 Å². The predicted molar refractivity (Wildman–Crippen MR) is 92.3 cm³/mol. The van der Waals surface area contributed by atoms with E-state index in [9.17, 15) is 14.4 Å². The molecule has 1 aliphatic carbocycles. The van der Waals surface area contributed by atoms with Gasteiger partial charge in [-0.1, -0.05) is 12.8 Å². The number of aryl methyl sites for hydroxylation is 1. The van der Waals surface area contributed by atoms with E-state index in [1.807, 2.05) is 36.4 Å². The van der Waals surface area contributed by atoms with Crippen molar-refractivity contribution in [3.8, 4) is 0 Å². The first-order chi connectivity index (χ1) is 11.9. The summed E-state index contributed by atoms with van der Waals surface area (Å²) < 4.78 is 7.16. The lowest BCUT2D eigenvalue weighted by Gasteiger charge is -2.23. The number of ketones is 1. The number of ether oxygens (including phenoxy) is 1. The maximum Gasteiger partial charge on any atom is 0.311 e. The maximum absolute atomic E-state index is 12.3. The summed E-state index contributed by atoms with van der Waals surface area (Å²) >= 11 is 0. The van der Waals surface area contributed by atoms with Crippen LogP contribution in [0.15, 0.2) is 6.07 Å². The lowest BCUT2D eigenvalue weighted by atomic mass is 10.1. The minimum atomic E-state index is -0.445. The summed E-state index contributed by atoms with van der Waals surface area (Å²) in [5.74, 6) is -1.05. The number of likely N-dealkylation sites (tertiary alicyclic amines) is 1. The molecule has 2 fully saturated rings.